The molecule has 0 bridgehead atoms. The van der Waals surface area contributed by atoms with Gasteiger partial charge in [-0.1, -0.05) is 30.3 Å². The molecule has 1 aromatic heterocycles. The quantitative estimate of drug-likeness (QED) is 0.667. The van der Waals surface area contributed by atoms with Gasteiger partial charge in [0.1, 0.15) is 4.90 Å². The Kier molecular flexibility index (Phi) is 5.40. The molecule has 1 fully saturated rings. The number of hydrogen-bond donors (Lipinski definition) is 2. The Morgan fingerprint density at radius 2 is 1.69 bits per heavy atom. The van der Waals surface area contributed by atoms with Crippen LogP contribution in [-0.4, -0.2) is 51.5 Å². The predicted molar refractivity (Wildman–Crippen MR) is 115 cm³/mol. The van der Waals surface area contributed by atoms with E-state index in [-0.39, 0.29) is 5.56 Å². The summed E-state index contributed by atoms with van der Waals surface area (Å²) in [6.07, 6.45) is 0. The van der Waals surface area contributed by atoms with Crippen molar-refractivity contribution in [3.63, 3.8) is 0 Å². The fraction of sp³-hybridized carbons (Fsp3) is 0.286. The topological polar surface area (TPSA) is 85.5 Å². The number of pyridine rings is 1. The molecular formula is C21H24N4O3S. The molecule has 1 aliphatic rings. The number of anilines is 1. The number of hydrogen-bond acceptors (Lipinski definition) is 5. The van der Waals surface area contributed by atoms with Crippen molar-refractivity contribution in [1.29, 1.82) is 0 Å². The van der Waals surface area contributed by atoms with E-state index in [2.05, 4.69) is 19.5 Å². The molecule has 0 spiro atoms. The zero-order chi connectivity index (χ0) is 20.4. The van der Waals surface area contributed by atoms with E-state index in [0.29, 0.717) is 30.2 Å². The fourth-order valence-electron chi connectivity index (χ4n) is 3.75. The molecule has 152 valence electrons. The summed E-state index contributed by atoms with van der Waals surface area (Å²) in [6, 6.07) is 16.8. The first kappa shape index (κ1) is 19.6. The molecular weight excluding hydrogens is 388 g/mol. The molecule has 0 amide bonds. The molecule has 2 heterocycles. The Hall–Kier alpha value is -2.68. The Balaban J connectivity index is 1.49. The van der Waals surface area contributed by atoms with Crippen molar-refractivity contribution in [2.45, 2.75) is 11.4 Å². The summed E-state index contributed by atoms with van der Waals surface area (Å²) in [5, 5.41) is 1.02. The van der Waals surface area contributed by atoms with Crippen molar-refractivity contribution >= 4 is 26.6 Å². The van der Waals surface area contributed by atoms with Crippen LogP contribution in [0.5, 0.6) is 0 Å². The summed E-state index contributed by atoms with van der Waals surface area (Å²) in [5.74, 6) is 0. The van der Waals surface area contributed by atoms with Crippen LogP contribution < -0.4 is 15.2 Å². The normalized spacial score (nSPS) is 15.7. The second kappa shape index (κ2) is 7.98. The van der Waals surface area contributed by atoms with Crippen LogP contribution in [0, 0.1) is 0 Å². The standard InChI is InChI=1S/C21H24N4O3S/c1-22-29(27,28)20-9-5-4-8-19(20)25-12-10-24(11-13-25)15-17-14-16-6-2-3-7-18(16)23-21(17)26/h2-9,14,22H,10-13,15H2,1H3,(H,23,26). The highest BCUT2D eigenvalue weighted by Crippen LogP contribution is 2.26. The van der Waals surface area contributed by atoms with Gasteiger partial charge >= 0.3 is 0 Å². The summed E-state index contributed by atoms with van der Waals surface area (Å²) in [5.41, 5.74) is 2.24. The summed E-state index contributed by atoms with van der Waals surface area (Å²) in [7, 11) is -2.10. The molecule has 0 radical (unpaired) electrons. The highest BCUT2D eigenvalue weighted by Gasteiger charge is 2.24. The zero-order valence-electron chi connectivity index (χ0n) is 16.3. The average Bonchev–Trinajstić information content (AvgIpc) is 2.75. The van der Waals surface area contributed by atoms with Crippen LogP contribution in [0.4, 0.5) is 5.69 Å². The summed E-state index contributed by atoms with van der Waals surface area (Å²) in [4.78, 5) is 20.0. The van der Waals surface area contributed by atoms with Crippen LogP contribution in [-0.2, 0) is 16.6 Å². The number of rotatable bonds is 5. The summed E-state index contributed by atoms with van der Waals surface area (Å²) in [6.45, 7) is 3.47. The van der Waals surface area contributed by atoms with Gasteiger partial charge in [0.2, 0.25) is 10.0 Å². The molecule has 2 N–H and O–H groups in total. The number of H-pyrrole nitrogens is 1. The van der Waals surface area contributed by atoms with E-state index in [1.54, 1.807) is 12.1 Å². The van der Waals surface area contributed by atoms with Gasteiger partial charge in [0.25, 0.3) is 5.56 Å². The first-order chi connectivity index (χ1) is 14.0. The van der Waals surface area contributed by atoms with Crippen molar-refractivity contribution in [2.75, 3.05) is 38.1 Å². The fourth-order valence-corrected chi connectivity index (χ4v) is 4.70. The lowest BCUT2D eigenvalue weighted by atomic mass is 10.1. The number of aromatic nitrogens is 1. The largest absolute Gasteiger partial charge is 0.368 e. The number of nitrogens with one attached hydrogen (secondary N) is 2. The van der Waals surface area contributed by atoms with Crippen molar-refractivity contribution in [3.05, 3.63) is 70.5 Å². The number of sulfonamides is 1. The predicted octanol–water partition coefficient (Wildman–Crippen LogP) is 1.76. The third-order valence-corrected chi connectivity index (χ3v) is 6.82. The van der Waals surface area contributed by atoms with E-state index in [9.17, 15) is 13.2 Å². The molecule has 29 heavy (non-hydrogen) atoms. The first-order valence-electron chi connectivity index (χ1n) is 9.59. The van der Waals surface area contributed by atoms with E-state index in [0.717, 1.165) is 29.6 Å². The number of piperazine rings is 1. The van der Waals surface area contributed by atoms with Gasteiger partial charge < -0.3 is 9.88 Å². The molecule has 0 aliphatic carbocycles. The van der Waals surface area contributed by atoms with E-state index < -0.39 is 10.0 Å². The van der Waals surface area contributed by atoms with Crippen molar-refractivity contribution in [1.82, 2.24) is 14.6 Å². The van der Waals surface area contributed by atoms with Gasteiger partial charge in [0, 0.05) is 43.8 Å². The molecule has 0 unspecified atom stereocenters. The van der Waals surface area contributed by atoms with Crippen molar-refractivity contribution < 1.29 is 8.42 Å². The van der Waals surface area contributed by atoms with Crippen LogP contribution >= 0.6 is 0 Å². The number of fused-ring (bicyclic) bond motifs is 1. The summed E-state index contributed by atoms with van der Waals surface area (Å²) < 4.78 is 27.1. The lowest BCUT2D eigenvalue weighted by molar-refractivity contribution is 0.248. The number of para-hydroxylation sites is 2. The van der Waals surface area contributed by atoms with Gasteiger partial charge in [-0.3, -0.25) is 9.69 Å². The van der Waals surface area contributed by atoms with Gasteiger partial charge in [-0.15, -0.1) is 0 Å². The van der Waals surface area contributed by atoms with Gasteiger partial charge in [-0.05, 0) is 36.7 Å². The van der Waals surface area contributed by atoms with E-state index in [1.807, 2.05) is 42.5 Å². The third-order valence-electron chi connectivity index (χ3n) is 5.36. The lowest BCUT2D eigenvalue weighted by Gasteiger charge is -2.36. The first-order valence-corrected chi connectivity index (χ1v) is 11.1. The molecule has 1 saturated heterocycles. The molecule has 4 rings (SSSR count). The van der Waals surface area contributed by atoms with Gasteiger partial charge in [0.15, 0.2) is 0 Å². The minimum atomic E-state index is -3.52. The Morgan fingerprint density at radius 3 is 2.45 bits per heavy atom. The monoisotopic (exact) mass is 412 g/mol. The third kappa shape index (κ3) is 4.05. The number of aromatic amines is 1. The second-order valence-electron chi connectivity index (χ2n) is 7.15. The maximum atomic E-state index is 12.4. The maximum absolute atomic E-state index is 12.4. The van der Waals surface area contributed by atoms with E-state index in [1.165, 1.54) is 7.05 Å². The smallest absolute Gasteiger partial charge is 0.252 e. The minimum Gasteiger partial charge on any atom is -0.368 e. The van der Waals surface area contributed by atoms with Crippen LogP contribution in [0.1, 0.15) is 5.56 Å². The SMILES string of the molecule is CNS(=O)(=O)c1ccccc1N1CCN(Cc2cc3ccccc3[nH]c2=O)CC1. The van der Waals surface area contributed by atoms with Crippen molar-refractivity contribution in [3.8, 4) is 0 Å². The van der Waals surface area contributed by atoms with Gasteiger partial charge in [0.05, 0.1) is 5.69 Å². The van der Waals surface area contributed by atoms with E-state index in [4.69, 9.17) is 0 Å². The van der Waals surface area contributed by atoms with Gasteiger partial charge in [-0.25, -0.2) is 13.1 Å². The highest BCUT2D eigenvalue weighted by atomic mass is 32.2. The molecule has 7 nitrogen and oxygen atoms in total. The van der Waals surface area contributed by atoms with Crippen LogP contribution in [0.2, 0.25) is 0 Å². The molecule has 1 aliphatic heterocycles. The lowest BCUT2D eigenvalue weighted by Crippen LogP contribution is -2.47. The maximum Gasteiger partial charge on any atom is 0.252 e. The van der Waals surface area contributed by atoms with E-state index >= 15 is 0 Å². The second-order valence-corrected chi connectivity index (χ2v) is 9.00. The zero-order valence-corrected chi connectivity index (χ0v) is 17.1. The van der Waals surface area contributed by atoms with Crippen LogP contribution in [0.3, 0.4) is 0 Å². The Morgan fingerprint density at radius 1 is 1.00 bits per heavy atom. The summed E-state index contributed by atoms with van der Waals surface area (Å²) >= 11 is 0. The number of nitrogens with zero attached hydrogens (tertiary/aromatic N) is 2. The highest BCUT2D eigenvalue weighted by molar-refractivity contribution is 7.89. The molecule has 0 saturated carbocycles. The molecule has 3 aromatic rings. The minimum absolute atomic E-state index is 0.0587. The molecule has 8 heteroatoms. The van der Waals surface area contributed by atoms with Crippen molar-refractivity contribution in [2.24, 2.45) is 0 Å². The number of benzene rings is 2. The molecule has 0 atom stereocenters. The molecule has 2 aromatic carbocycles. The van der Waals surface area contributed by atoms with Gasteiger partial charge in [-0.2, -0.15) is 0 Å². The average molecular weight is 413 g/mol. The van der Waals surface area contributed by atoms with Crippen LogP contribution in [0.15, 0.2) is 64.3 Å². The van der Waals surface area contributed by atoms with Crippen LogP contribution in [0.25, 0.3) is 10.9 Å². The Bertz CT molecular complexity index is 1180. The Labute approximate surface area is 170 Å².